The molecule has 1 aromatic heterocycles. The molecule has 1 aromatic carbocycles. The Hall–Kier alpha value is -2.80. The van der Waals surface area contributed by atoms with Gasteiger partial charge in [0.25, 0.3) is 0 Å². The summed E-state index contributed by atoms with van der Waals surface area (Å²) >= 11 is 0. The molecule has 29 heavy (non-hydrogen) atoms. The van der Waals surface area contributed by atoms with Crippen molar-refractivity contribution in [2.24, 2.45) is 11.8 Å². The number of carbonyl (C=O) groups excluding carboxylic acids is 1. The largest absolute Gasteiger partial charge is 0.479 e. The van der Waals surface area contributed by atoms with E-state index < -0.39 is 17.5 Å². The van der Waals surface area contributed by atoms with Crippen molar-refractivity contribution in [3.8, 4) is 0 Å². The molecule has 7 heteroatoms. The van der Waals surface area contributed by atoms with Crippen molar-refractivity contribution in [2.75, 3.05) is 7.05 Å². The normalized spacial score (nSPS) is 24.9. The van der Waals surface area contributed by atoms with Crippen molar-refractivity contribution in [3.63, 3.8) is 0 Å². The Bertz CT molecular complexity index is 882. The standard InChI is InChI=1S/C22H27N3O4/c1-25(14-18-7-4-10-29-18)13-17-6-3-2-5-16(17)12-23-21(28)24-22(20(26)27)9-8-15-11-19(15)22/h2-7,10,15,19H,8-9,11-14H2,1H3,(H,26,27)(H2,23,24,28). The zero-order chi connectivity index (χ0) is 20.4. The average Bonchev–Trinajstić information content (AvgIpc) is 3.13. The first-order valence-corrected chi connectivity index (χ1v) is 10.0. The number of benzene rings is 1. The minimum Gasteiger partial charge on any atom is -0.479 e. The number of carbonyl (C=O) groups is 2. The van der Waals surface area contributed by atoms with Crippen LogP contribution in [-0.2, 0) is 24.4 Å². The number of nitrogens with zero attached hydrogens (tertiary/aromatic N) is 1. The molecule has 0 bridgehead atoms. The van der Waals surface area contributed by atoms with Gasteiger partial charge in [0, 0.05) is 13.1 Å². The third-order valence-corrected chi connectivity index (χ3v) is 6.19. The summed E-state index contributed by atoms with van der Waals surface area (Å²) in [6.45, 7) is 1.75. The van der Waals surface area contributed by atoms with E-state index in [1.807, 2.05) is 43.4 Å². The van der Waals surface area contributed by atoms with E-state index in [-0.39, 0.29) is 5.92 Å². The van der Waals surface area contributed by atoms with E-state index in [0.29, 0.717) is 32.0 Å². The van der Waals surface area contributed by atoms with Crippen LogP contribution in [0.15, 0.2) is 47.1 Å². The Labute approximate surface area is 170 Å². The van der Waals surface area contributed by atoms with Gasteiger partial charge in [-0.15, -0.1) is 0 Å². The van der Waals surface area contributed by atoms with E-state index in [1.165, 1.54) is 0 Å². The molecule has 0 spiro atoms. The van der Waals surface area contributed by atoms with E-state index in [0.717, 1.165) is 29.7 Å². The van der Waals surface area contributed by atoms with Crippen molar-refractivity contribution < 1.29 is 19.1 Å². The van der Waals surface area contributed by atoms with Crippen LogP contribution in [0, 0.1) is 11.8 Å². The van der Waals surface area contributed by atoms with E-state index in [9.17, 15) is 14.7 Å². The van der Waals surface area contributed by atoms with Gasteiger partial charge in [-0.3, -0.25) is 4.90 Å². The van der Waals surface area contributed by atoms with Crippen molar-refractivity contribution in [1.82, 2.24) is 15.5 Å². The Balaban J connectivity index is 1.35. The predicted molar refractivity (Wildman–Crippen MR) is 107 cm³/mol. The minimum absolute atomic E-state index is 0.0771. The van der Waals surface area contributed by atoms with Crippen LogP contribution < -0.4 is 10.6 Å². The first kappa shape index (κ1) is 19.5. The van der Waals surface area contributed by atoms with Crippen LogP contribution in [0.25, 0.3) is 0 Å². The van der Waals surface area contributed by atoms with Gasteiger partial charge >= 0.3 is 12.0 Å². The lowest BCUT2D eigenvalue weighted by molar-refractivity contribution is -0.145. The Morgan fingerprint density at radius 3 is 2.62 bits per heavy atom. The Morgan fingerprint density at radius 2 is 2.00 bits per heavy atom. The number of rotatable bonds is 8. The van der Waals surface area contributed by atoms with Crippen LogP contribution >= 0.6 is 0 Å². The molecule has 7 nitrogen and oxygen atoms in total. The van der Waals surface area contributed by atoms with E-state index in [4.69, 9.17) is 4.42 Å². The molecule has 2 amide bonds. The average molecular weight is 397 g/mol. The van der Waals surface area contributed by atoms with Crippen molar-refractivity contribution in [3.05, 3.63) is 59.5 Å². The van der Waals surface area contributed by atoms with Gasteiger partial charge in [-0.2, -0.15) is 0 Å². The Morgan fingerprint density at radius 1 is 1.21 bits per heavy atom. The van der Waals surface area contributed by atoms with Crippen LogP contribution in [0.4, 0.5) is 4.79 Å². The second-order valence-electron chi connectivity index (χ2n) is 8.25. The molecule has 0 radical (unpaired) electrons. The molecule has 0 saturated heterocycles. The van der Waals surface area contributed by atoms with E-state index in [1.54, 1.807) is 6.26 Å². The highest BCUT2D eigenvalue weighted by Crippen LogP contribution is 2.57. The van der Waals surface area contributed by atoms with Gasteiger partial charge in [-0.25, -0.2) is 9.59 Å². The summed E-state index contributed by atoms with van der Waals surface area (Å²) in [7, 11) is 2.02. The molecular weight excluding hydrogens is 370 g/mol. The molecule has 3 unspecified atom stereocenters. The molecule has 2 fully saturated rings. The summed E-state index contributed by atoms with van der Waals surface area (Å²) in [5.74, 6) is 0.513. The van der Waals surface area contributed by atoms with Crippen LogP contribution in [0.2, 0.25) is 0 Å². The summed E-state index contributed by atoms with van der Waals surface area (Å²) in [6, 6.07) is 11.3. The van der Waals surface area contributed by atoms with E-state index in [2.05, 4.69) is 15.5 Å². The highest BCUT2D eigenvalue weighted by Gasteiger charge is 2.62. The third-order valence-electron chi connectivity index (χ3n) is 6.19. The maximum Gasteiger partial charge on any atom is 0.329 e. The maximum absolute atomic E-state index is 12.5. The number of hydrogen-bond donors (Lipinski definition) is 3. The van der Waals surface area contributed by atoms with Crippen molar-refractivity contribution >= 4 is 12.0 Å². The monoisotopic (exact) mass is 397 g/mol. The maximum atomic E-state index is 12.5. The molecule has 2 aromatic rings. The van der Waals surface area contributed by atoms with Gasteiger partial charge in [0.2, 0.25) is 0 Å². The number of carboxylic acid groups (broad SMARTS) is 1. The highest BCUT2D eigenvalue weighted by molar-refractivity contribution is 5.87. The predicted octanol–water partition coefficient (Wildman–Crippen LogP) is 2.96. The van der Waals surface area contributed by atoms with E-state index >= 15 is 0 Å². The molecule has 154 valence electrons. The Kier molecular flexibility index (Phi) is 5.32. The fourth-order valence-corrected chi connectivity index (χ4v) is 4.56. The molecule has 1 heterocycles. The lowest BCUT2D eigenvalue weighted by atomic mass is 9.93. The van der Waals surface area contributed by atoms with Gasteiger partial charge in [-0.1, -0.05) is 24.3 Å². The quantitative estimate of drug-likeness (QED) is 0.637. The number of nitrogens with one attached hydrogen (secondary N) is 2. The molecule has 4 rings (SSSR count). The number of hydrogen-bond acceptors (Lipinski definition) is 4. The molecule has 0 aliphatic heterocycles. The number of urea groups is 1. The number of amides is 2. The fourth-order valence-electron chi connectivity index (χ4n) is 4.56. The lowest BCUT2D eigenvalue weighted by Gasteiger charge is -2.27. The topological polar surface area (TPSA) is 94.8 Å². The van der Waals surface area contributed by atoms with Crippen LogP contribution in [-0.4, -0.2) is 34.6 Å². The summed E-state index contributed by atoms with van der Waals surface area (Å²) in [6.07, 6.45) is 3.95. The number of fused-ring (bicyclic) bond motifs is 1. The van der Waals surface area contributed by atoms with Crippen molar-refractivity contribution in [2.45, 2.75) is 44.4 Å². The van der Waals surface area contributed by atoms with Gasteiger partial charge in [-0.05, 0) is 61.4 Å². The van der Waals surface area contributed by atoms with Gasteiger partial charge in [0.05, 0.1) is 12.8 Å². The molecule has 3 N–H and O–H groups in total. The summed E-state index contributed by atoms with van der Waals surface area (Å²) in [5, 5.41) is 15.3. The van der Waals surface area contributed by atoms with Gasteiger partial charge in [0.1, 0.15) is 11.3 Å². The van der Waals surface area contributed by atoms with Gasteiger partial charge in [0.15, 0.2) is 0 Å². The zero-order valence-corrected chi connectivity index (χ0v) is 16.6. The summed E-state index contributed by atoms with van der Waals surface area (Å²) in [4.78, 5) is 26.4. The lowest BCUT2D eigenvalue weighted by Crippen LogP contribution is -2.57. The van der Waals surface area contributed by atoms with Crippen LogP contribution in [0.5, 0.6) is 0 Å². The zero-order valence-electron chi connectivity index (χ0n) is 16.6. The first-order chi connectivity index (χ1) is 14.0. The number of aliphatic carboxylic acids is 1. The van der Waals surface area contributed by atoms with Crippen LogP contribution in [0.1, 0.15) is 36.1 Å². The molecule has 3 atom stereocenters. The smallest absolute Gasteiger partial charge is 0.329 e. The van der Waals surface area contributed by atoms with Crippen molar-refractivity contribution in [1.29, 1.82) is 0 Å². The number of furan rings is 1. The number of carboxylic acids is 1. The SMILES string of the molecule is CN(Cc1ccco1)Cc1ccccc1CNC(=O)NC1(C(=O)O)CCC2CC21. The highest BCUT2D eigenvalue weighted by atomic mass is 16.4. The fraction of sp³-hybridized carbons (Fsp3) is 0.455. The second kappa shape index (κ2) is 7.91. The summed E-state index contributed by atoms with van der Waals surface area (Å²) < 4.78 is 5.40. The minimum atomic E-state index is -1.10. The molecule has 2 aliphatic carbocycles. The van der Waals surface area contributed by atoms with Gasteiger partial charge < -0.3 is 20.2 Å². The van der Waals surface area contributed by atoms with Crippen LogP contribution in [0.3, 0.4) is 0 Å². The summed E-state index contributed by atoms with van der Waals surface area (Å²) in [5.41, 5.74) is 1.02. The molecular formula is C22H27N3O4. The third kappa shape index (κ3) is 4.15. The molecule has 2 saturated carbocycles. The second-order valence-corrected chi connectivity index (χ2v) is 8.25. The molecule has 2 aliphatic rings. The first-order valence-electron chi connectivity index (χ1n) is 10.0.